The summed E-state index contributed by atoms with van der Waals surface area (Å²) in [5.41, 5.74) is -0.0740. The Morgan fingerprint density at radius 1 is 0.739 bits per heavy atom. The molecular weight excluding hydrogens is 317 g/mol. The van der Waals surface area contributed by atoms with Crippen LogP contribution in [0.2, 0.25) is 0 Å². The van der Waals surface area contributed by atoms with Crippen molar-refractivity contribution >= 4 is 11.8 Å². The normalized spacial score (nSPS) is 11.4. The molecule has 1 radical (unpaired) electrons. The molecule has 0 N–H and O–H groups in total. The van der Waals surface area contributed by atoms with Crippen LogP contribution in [0.3, 0.4) is 0 Å². The quantitative estimate of drug-likeness (QED) is 0.541. The molecule has 0 atom stereocenters. The van der Waals surface area contributed by atoms with Gasteiger partial charge in [-0.05, 0) is 42.0 Å². The Balaban J connectivity index is 1.89. The summed E-state index contributed by atoms with van der Waals surface area (Å²) in [7, 11) is 0. The Morgan fingerprint density at radius 3 is 2.04 bits per heavy atom. The van der Waals surface area contributed by atoms with Crippen molar-refractivity contribution in [3.63, 3.8) is 0 Å². The van der Waals surface area contributed by atoms with Gasteiger partial charge in [-0.3, -0.25) is 0 Å². The average Bonchev–Trinajstić information content (AvgIpc) is 2.56. The monoisotopic (exact) mass is 329 g/mol. The van der Waals surface area contributed by atoms with E-state index in [0.29, 0.717) is 5.56 Å². The molecular formula is C19H12F3S. The molecule has 3 rings (SSSR count). The van der Waals surface area contributed by atoms with Gasteiger partial charge in [-0.1, -0.05) is 54.2 Å². The molecule has 0 bridgehead atoms. The molecule has 4 heteroatoms. The van der Waals surface area contributed by atoms with Crippen molar-refractivity contribution in [2.45, 2.75) is 16.0 Å². The average molecular weight is 329 g/mol. The van der Waals surface area contributed by atoms with Crippen LogP contribution in [-0.2, 0) is 6.18 Å². The van der Waals surface area contributed by atoms with Crippen LogP contribution in [0, 0.1) is 6.07 Å². The fourth-order valence-electron chi connectivity index (χ4n) is 2.23. The molecule has 0 amide bonds. The first-order chi connectivity index (χ1) is 11.0. The van der Waals surface area contributed by atoms with Crippen LogP contribution in [-0.4, -0.2) is 0 Å². The lowest BCUT2D eigenvalue weighted by Gasteiger charge is -2.12. The van der Waals surface area contributed by atoms with E-state index in [4.69, 9.17) is 0 Å². The maximum atomic E-state index is 13.1. The summed E-state index contributed by atoms with van der Waals surface area (Å²) < 4.78 is 39.2. The van der Waals surface area contributed by atoms with E-state index in [1.165, 1.54) is 12.1 Å². The van der Waals surface area contributed by atoms with Gasteiger partial charge in [0, 0.05) is 15.4 Å². The minimum absolute atomic E-state index is 0.0799. The highest BCUT2D eigenvalue weighted by Gasteiger charge is 2.33. The van der Waals surface area contributed by atoms with E-state index in [-0.39, 0.29) is 5.56 Å². The molecule has 0 spiro atoms. The lowest BCUT2D eigenvalue weighted by Crippen LogP contribution is -2.06. The van der Waals surface area contributed by atoms with E-state index in [2.05, 4.69) is 6.07 Å². The SMILES string of the molecule is FC(F)(F)c1ccc[c]c1-c1ccc(Sc2ccccc2)cc1. The van der Waals surface area contributed by atoms with Gasteiger partial charge in [-0.25, -0.2) is 0 Å². The van der Waals surface area contributed by atoms with E-state index < -0.39 is 11.7 Å². The largest absolute Gasteiger partial charge is 0.417 e. The standard InChI is InChI=1S/C19H12F3S/c20-19(21,22)18-9-5-4-8-17(18)14-10-12-16(13-11-14)23-15-6-2-1-3-7-15/h1-7,9-13H. The van der Waals surface area contributed by atoms with Crippen molar-refractivity contribution < 1.29 is 13.2 Å². The van der Waals surface area contributed by atoms with Crippen molar-refractivity contribution in [3.05, 3.63) is 84.4 Å². The van der Waals surface area contributed by atoms with Gasteiger partial charge in [0.25, 0.3) is 0 Å². The molecule has 0 heterocycles. The molecule has 0 aliphatic carbocycles. The minimum atomic E-state index is -4.38. The lowest BCUT2D eigenvalue weighted by atomic mass is 9.99. The van der Waals surface area contributed by atoms with Gasteiger partial charge in [-0.15, -0.1) is 0 Å². The fourth-order valence-corrected chi connectivity index (χ4v) is 3.06. The molecule has 3 aromatic rings. The summed E-state index contributed by atoms with van der Waals surface area (Å²) in [6.07, 6.45) is -4.38. The van der Waals surface area contributed by atoms with Crippen molar-refractivity contribution in [1.82, 2.24) is 0 Å². The van der Waals surface area contributed by atoms with Gasteiger partial charge in [0.15, 0.2) is 0 Å². The predicted molar refractivity (Wildman–Crippen MR) is 86.3 cm³/mol. The van der Waals surface area contributed by atoms with Crippen LogP contribution in [0.1, 0.15) is 5.56 Å². The number of hydrogen-bond donors (Lipinski definition) is 0. The molecule has 0 aromatic heterocycles. The number of alkyl halides is 3. The molecule has 0 saturated heterocycles. The molecule has 0 aliphatic heterocycles. The third-order valence-corrected chi connectivity index (χ3v) is 4.30. The Morgan fingerprint density at radius 2 is 1.39 bits per heavy atom. The summed E-state index contributed by atoms with van der Waals surface area (Å²) in [5.74, 6) is 0. The zero-order valence-electron chi connectivity index (χ0n) is 12.0. The van der Waals surface area contributed by atoms with Crippen LogP contribution in [0.25, 0.3) is 11.1 Å². The molecule has 115 valence electrons. The summed E-state index contributed by atoms with van der Waals surface area (Å²) in [4.78, 5) is 2.06. The van der Waals surface area contributed by atoms with Gasteiger partial charge >= 0.3 is 6.18 Å². The zero-order valence-corrected chi connectivity index (χ0v) is 12.8. The second-order valence-corrected chi connectivity index (χ2v) is 6.04. The smallest absolute Gasteiger partial charge is 0.166 e. The number of rotatable bonds is 3. The van der Waals surface area contributed by atoms with Crippen LogP contribution in [0.5, 0.6) is 0 Å². The van der Waals surface area contributed by atoms with Crippen LogP contribution in [0.4, 0.5) is 13.2 Å². The molecule has 0 unspecified atom stereocenters. The summed E-state index contributed by atoms with van der Waals surface area (Å²) in [6, 6.07) is 23.5. The fraction of sp³-hybridized carbons (Fsp3) is 0.0526. The number of hydrogen-bond acceptors (Lipinski definition) is 1. The summed E-state index contributed by atoms with van der Waals surface area (Å²) >= 11 is 1.57. The van der Waals surface area contributed by atoms with Crippen molar-refractivity contribution in [2.24, 2.45) is 0 Å². The number of halogens is 3. The van der Waals surface area contributed by atoms with Crippen molar-refractivity contribution in [2.75, 3.05) is 0 Å². The maximum absolute atomic E-state index is 13.1. The minimum Gasteiger partial charge on any atom is -0.166 e. The van der Waals surface area contributed by atoms with E-state index in [1.807, 2.05) is 42.5 Å². The Bertz CT molecular complexity index is 778. The highest BCUT2D eigenvalue weighted by molar-refractivity contribution is 7.99. The second kappa shape index (κ2) is 6.50. The second-order valence-electron chi connectivity index (χ2n) is 4.90. The van der Waals surface area contributed by atoms with E-state index in [0.717, 1.165) is 15.9 Å². The molecule has 3 aromatic carbocycles. The third kappa shape index (κ3) is 3.77. The first-order valence-corrected chi connectivity index (χ1v) is 7.77. The summed E-state index contributed by atoms with van der Waals surface area (Å²) in [5, 5.41) is 0. The zero-order chi connectivity index (χ0) is 16.3. The number of benzene rings is 3. The van der Waals surface area contributed by atoms with Crippen LogP contribution < -0.4 is 0 Å². The summed E-state index contributed by atoms with van der Waals surface area (Å²) in [6.45, 7) is 0. The van der Waals surface area contributed by atoms with Gasteiger partial charge in [0.1, 0.15) is 0 Å². The van der Waals surface area contributed by atoms with Gasteiger partial charge in [0.05, 0.1) is 5.56 Å². The van der Waals surface area contributed by atoms with Gasteiger partial charge < -0.3 is 0 Å². The molecule has 0 fully saturated rings. The van der Waals surface area contributed by atoms with Gasteiger partial charge in [0.2, 0.25) is 0 Å². The third-order valence-electron chi connectivity index (χ3n) is 3.28. The molecule has 0 aliphatic rings. The van der Waals surface area contributed by atoms with Crippen LogP contribution >= 0.6 is 11.8 Å². The van der Waals surface area contributed by atoms with Crippen molar-refractivity contribution in [3.8, 4) is 11.1 Å². The van der Waals surface area contributed by atoms with Gasteiger partial charge in [-0.2, -0.15) is 13.2 Å². The van der Waals surface area contributed by atoms with E-state index in [1.54, 1.807) is 23.9 Å². The topological polar surface area (TPSA) is 0 Å². The first-order valence-electron chi connectivity index (χ1n) is 6.95. The Labute approximate surface area is 137 Å². The van der Waals surface area contributed by atoms with E-state index in [9.17, 15) is 13.2 Å². The molecule has 0 saturated carbocycles. The Kier molecular flexibility index (Phi) is 4.44. The Hall–Kier alpha value is -2.20. The highest BCUT2D eigenvalue weighted by Crippen LogP contribution is 2.37. The highest BCUT2D eigenvalue weighted by atomic mass is 32.2. The lowest BCUT2D eigenvalue weighted by molar-refractivity contribution is -0.137. The predicted octanol–water partition coefficient (Wildman–Crippen LogP) is 6.32. The van der Waals surface area contributed by atoms with Crippen molar-refractivity contribution in [1.29, 1.82) is 0 Å². The molecule has 0 nitrogen and oxygen atoms in total. The molecule has 23 heavy (non-hydrogen) atoms. The first kappa shape index (κ1) is 15.7. The van der Waals surface area contributed by atoms with Crippen LogP contribution in [0.15, 0.2) is 82.6 Å². The van der Waals surface area contributed by atoms with E-state index >= 15 is 0 Å². The maximum Gasteiger partial charge on any atom is 0.417 e.